The predicted octanol–water partition coefficient (Wildman–Crippen LogP) is 1.93. The minimum atomic E-state index is 0.0731. The molecule has 2 nitrogen and oxygen atoms in total. The van der Waals surface area contributed by atoms with Crippen LogP contribution in [0, 0.1) is 5.92 Å². The van der Waals surface area contributed by atoms with Gasteiger partial charge in [0.2, 0.25) is 0 Å². The number of ether oxygens (including phenoxy) is 1. The Kier molecular flexibility index (Phi) is 3.13. The summed E-state index contributed by atoms with van der Waals surface area (Å²) in [5.74, 6) is 0.766. The van der Waals surface area contributed by atoms with Gasteiger partial charge in [0, 0.05) is 6.04 Å². The number of hydrogen-bond donors (Lipinski definition) is 1. The minimum Gasteiger partial charge on any atom is -0.374 e. The first-order valence-electron chi connectivity index (χ1n) is 4.91. The maximum atomic E-state index is 5.79. The molecule has 0 aromatic heterocycles. The van der Waals surface area contributed by atoms with E-state index in [0.29, 0.717) is 0 Å². The highest BCUT2D eigenvalue weighted by molar-refractivity contribution is 4.87. The van der Waals surface area contributed by atoms with Crippen LogP contribution in [0.5, 0.6) is 0 Å². The Balaban J connectivity index is 2.30. The normalized spacial score (nSPS) is 36.2. The van der Waals surface area contributed by atoms with Crippen LogP contribution >= 0.6 is 0 Å². The Morgan fingerprint density at radius 2 is 2.25 bits per heavy atom. The quantitative estimate of drug-likeness (QED) is 0.704. The zero-order chi connectivity index (χ0) is 9.19. The molecule has 1 saturated heterocycles. The summed E-state index contributed by atoms with van der Waals surface area (Å²) in [4.78, 5) is 0. The molecule has 2 N–H and O–H groups in total. The van der Waals surface area contributed by atoms with Gasteiger partial charge in [-0.05, 0) is 32.1 Å². The van der Waals surface area contributed by atoms with Crippen LogP contribution in [0.1, 0.15) is 40.0 Å². The standard InChI is InChI=1S/C10H21NO/c1-8(2)4-5-10(3)6-9(11)7-12-10/h8-9H,4-7,11H2,1-3H3. The van der Waals surface area contributed by atoms with E-state index in [2.05, 4.69) is 20.8 Å². The van der Waals surface area contributed by atoms with Gasteiger partial charge < -0.3 is 10.5 Å². The SMILES string of the molecule is CC(C)CCC1(C)CC(N)CO1. The molecule has 0 saturated carbocycles. The summed E-state index contributed by atoms with van der Waals surface area (Å²) in [5, 5.41) is 0. The van der Waals surface area contributed by atoms with Crippen LogP contribution in [0.25, 0.3) is 0 Å². The smallest absolute Gasteiger partial charge is 0.0671 e. The maximum Gasteiger partial charge on any atom is 0.0671 e. The van der Waals surface area contributed by atoms with Crippen LogP contribution in [-0.2, 0) is 4.74 Å². The van der Waals surface area contributed by atoms with E-state index in [1.165, 1.54) is 6.42 Å². The lowest BCUT2D eigenvalue weighted by atomic mass is 9.92. The Hall–Kier alpha value is -0.0800. The number of rotatable bonds is 3. The van der Waals surface area contributed by atoms with Gasteiger partial charge in [0.15, 0.2) is 0 Å². The second-order valence-electron chi connectivity index (χ2n) is 4.66. The second-order valence-corrected chi connectivity index (χ2v) is 4.66. The number of hydrogen-bond acceptors (Lipinski definition) is 2. The molecular weight excluding hydrogens is 150 g/mol. The molecule has 2 heteroatoms. The first-order chi connectivity index (χ1) is 5.52. The molecule has 1 aliphatic rings. The third-order valence-electron chi connectivity index (χ3n) is 2.59. The van der Waals surface area contributed by atoms with Crippen LogP contribution in [0.4, 0.5) is 0 Å². The Morgan fingerprint density at radius 3 is 2.67 bits per heavy atom. The number of nitrogens with two attached hydrogens (primary N) is 1. The summed E-state index contributed by atoms with van der Waals surface area (Å²) < 4.78 is 5.68. The Bertz CT molecular complexity index is 147. The van der Waals surface area contributed by atoms with Crippen LogP contribution in [0.3, 0.4) is 0 Å². The van der Waals surface area contributed by atoms with Crippen LogP contribution < -0.4 is 5.73 Å². The van der Waals surface area contributed by atoms with E-state index in [-0.39, 0.29) is 11.6 Å². The summed E-state index contributed by atoms with van der Waals surface area (Å²) in [6, 6.07) is 0.266. The van der Waals surface area contributed by atoms with Crippen molar-refractivity contribution in [3.05, 3.63) is 0 Å². The second kappa shape index (κ2) is 3.75. The van der Waals surface area contributed by atoms with Crippen molar-refractivity contribution >= 4 is 0 Å². The molecule has 0 spiro atoms. The zero-order valence-corrected chi connectivity index (χ0v) is 8.47. The third-order valence-corrected chi connectivity index (χ3v) is 2.59. The van der Waals surface area contributed by atoms with Crippen molar-refractivity contribution in [1.29, 1.82) is 0 Å². The third kappa shape index (κ3) is 2.76. The molecule has 72 valence electrons. The average Bonchev–Trinajstić information content (AvgIpc) is 2.29. The van der Waals surface area contributed by atoms with Crippen molar-refractivity contribution in [3.8, 4) is 0 Å². The lowest BCUT2D eigenvalue weighted by Crippen LogP contribution is -2.26. The van der Waals surface area contributed by atoms with E-state index in [0.717, 1.165) is 25.4 Å². The predicted molar refractivity (Wildman–Crippen MR) is 51.0 cm³/mol. The molecule has 0 aromatic carbocycles. The summed E-state index contributed by atoms with van der Waals surface area (Å²) >= 11 is 0. The van der Waals surface area contributed by atoms with E-state index >= 15 is 0 Å². The molecule has 0 bridgehead atoms. The first kappa shape index (κ1) is 10.0. The topological polar surface area (TPSA) is 35.2 Å². The highest BCUT2D eigenvalue weighted by Gasteiger charge is 2.33. The fourth-order valence-corrected chi connectivity index (χ4v) is 1.75. The molecule has 1 rings (SSSR count). The molecule has 0 amide bonds. The first-order valence-corrected chi connectivity index (χ1v) is 4.91. The maximum absolute atomic E-state index is 5.79. The van der Waals surface area contributed by atoms with Crippen LogP contribution in [-0.4, -0.2) is 18.2 Å². The lowest BCUT2D eigenvalue weighted by molar-refractivity contribution is 0.00899. The van der Waals surface area contributed by atoms with Gasteiger partial charge in [-0.15, -0.1) is 0 Å². The Labute approximate surface area is 75.5 Å². The van der Waals surface area contributed by atoms with E-state index in [1.54, 1.807) is 0 Å². The molecule has 2 unspecified atom stereocenters. The van der Waals surface area contributed by atoms with Gasteiger partial charge in [0.25, 0.3) is 0 Å². The molecule has 12 heavy (non-hydrogen) atoms. The van der Waals surface area contributed by atoms with Crippen molar-refractivity contribution in [2.24, 2.45) is 11.7 Å². The van der Waals surface area contributed by atoms with Gasteiger partial charge in [-0.2, -0.15) is 0 Å². The van der Waals surface area contributed by atoms with Crippen molar-refractivity contribution in [2.75, 3.05) is 6.61 Å². The summed E-state index contributed by atoms with van der Waals surface area (Å²) in [6.45, 7) is 7.42. The monoisotopic (exact) mass is 171 g/mol. The summed E-state index contributed by atoms with van der Waals surface area (Å²) in [7, 11) is 0. The molecular formula is C10H21NO. The van der Waals surface area contributed by atoms with Crippen molar-refractivity contribution in [1.82, 2.24) is 0 Å². The molecule has 1 fully saturated rings. The molecule has 0 aliphatic carbocycles. The van der Waals surface area contributed by atoms with Crippen molar-refractivity contribution in [3.63, 3.8) is 0 Å². The average molecular weight is 171 g/mol. The largest absolute Gasteiger partial charge is 0.374 e. The fourth-order valence-electron chi connectivity index (χ4n) is 1.75. The zero-order valence-electron chi connectivity index (χ0n) is 8.47. The van der Waals surface area contributed by atoms with Gasteiger partial charge in [-0.3, -0.25) is 0 Å². The van der Waals surface area contributed by atoms with Crippen molar-refractivity contribution in [2.45, 2.75) is 51.7 Å². The minimum absolute atomic E-state index is 0.0731. The summed E-state index contributed by atoms with van der Waals surface area (Å²) in [6.07, 6.45) is 3.42. The van der Waals surface area contributed by atoms with Gasteiger partial charge in [-0.25, -0.2) is 0 Å². The fraction of sp³-hybridized carbons (Fsp3) is 1.00. The van der Waals surface area contributed by atoms with E-state index in [4.69, 9.17) is 10.5 Å². The van der Waals surface area contributed by atoms with Gasteiger partial charge in [0.1, 0.15) is 0 Å². The molecule has 2 atom stereocenters. The molecule has 1 heterocycles. The summed E-state index contributed by atoms with van der Waals surface area (Å²) in [5.41, 5.74) is 5.86. The van der Waals surface area contributed by atoms with Crippen molar-refractivity contribution < 1.29 is 4.74 Å². The molecule has 0 radical (unpaired) electrons. The van der Waals surface area contributed by atoms with E-state index in [9.17, 15) is 0 Å². The van der Waals surface area contributed by atoms with E-state index < -0.39 is 0 Å². The van der Waals surface area contributed by atoms with E-state index in [1.807, 2.05) is 0 Å². The molecule has 1 aliphatic heterocycles. The van der Waals surface area contributed by atoms with Crippen LogP contribution in [0.15, 0.2) is 0 Å². The highest BCUT2D eigenvalue weighted by Crippen LogP contribution is 2.30. The van der Waals surface area contributed by atoms with Crippen LogP contribution in [0.2, 0.25) is 0 Å². The lowest BCUT2D eigenvalue weighted by Gasteiger charge is -2.23. The van der Waals surface area contributed by atoms with Gasteiger partial charge in [0.05, 0.1) is 12.2 Å². The van der Waals surface area contributed by atoms with Gasteiger partial charge >= 0.3 is 0 Å². The Morgan fingerprint density at radius 1 is 1.58 bits per heavy atom. The molecule has 0 aromatic rings. The highest BCUT2D eigenvalue weighted by atomic mass is 16.5. The van der Waals surface area contributed by atoms with Gasteiger partial charge in [-0.1, -0.05) is 13.8 Å².